The summed E-state index contributed by atoms with van der Waals surface area (Å²) in [4.78, 5) is 21.3. The minimum Gasteiger partial charge on any atom is -0.336 e. The molecule has 2 aromatic rings. The van der Waals surface area contributed by atoms with E-state index in [0.29, 0.717) is 11.1 Å². The molecule has 0 aliphatic rings. The molecule has 0 saturated heterocycles. The molecule has 2 N–H and O–H groups in total. The first kappa shape index (κ1) is 16.7. The van der Waals surface area contributed by atoms with Gasteiger partial charge in [-0.3, -0.25) is 10.4 Å². The quantitative estimate of drug-likeness (QED) is 0.507. The molecule has 0 fully saturated rings. The Labute approximate surface area is 136 Å². The van der Waals surface area contributed by atoms with Crippen molar-refractivity contribution >= 4 is 11.8 Å². The number of carbonyl (C=O) groups excluding carboxylic acids is 1. The maximum absolute atomic E-state index is 12.1. The number of hydrogen-bond donors (Lipinski definition) is 2. The predicted molar refractivity (Wildman–Crippen MR) is 89.7 cm³/mol. The van der Waals surface area contributed by atoms with Crippen LogP contribution in [-0.2, 0) is 4.84 Å². The van der Waals surface area contributed by atoms with Crippen molar-refractivity contribution in [1.82, 2.24) is 10.5 Å². The maximum Gasteiger partial charge on any atom is 0.363 e. The van der Waals surface area contributed by atoms with Gasteiger partial charge in [0.2, 0.25) is 0 Å². The number of hydrogen-bond acceptors (Lipinski definition) is 4. The number of amidine groups is 1. The van der Waals surface area contributed by atoms with Crippen LogP contribution in [0.3, 0.4) is 0 Å². The highest BCUT2D eigenvalue weighted by Crippen LogP contribution is 2.15. The molecule has 23 heavy (non-hydrogen) atoms. The van der Waals surface area contributed by atoms with Crippen LogP contribution in [0.2, 0.25) is 0 Å². The molecule has 0 atom stereocenters. The Morgan fingerprint density at radius 3 is 2.00 bits per heavy atom. The lowest BCUT2D eigenvalue weighted by Gasteiger charge is -2.12. The third-order valence-corrected chi connectivity index (χ3v) is 3.78. The van der Waals surface area contributed by atoms with Crippen LogP contribution in [0.4, 0.5) is 0 Å². The van der Waals surface area contributed by atoms with Crippen molar-refractivity contribution in [3.8, 4) is 0 Å². The SMILES string of the molecule is Cc1cc(C(=O)ONC(=N)c2cc(C)c(C)c(C)c2)cc(C)n1. The highest BCUT2D eigenvalue weighted by molar-refractivity contribution is 5.98. The molecule has 0 aliphatic carbocycles. The van der Waals surface area contributed by atoms with Crippen molar-refractivity contribution in [2.24, 2.45) is 0 Å². The summed E-state index contributed by atoms with van der Waals surface area (Å²) in [6.07, 6.45) is 0. The molecule has 5 nitrogen and oxygen atoms in total. The standard InChI is InChI=1S/C18H21N3O2/c1-10-6-15(7-11(2)14(10)5)17(19)21-23-18(22)16-8-12(3)20-13(4)9-16/h6-9H,1-5H3,(H2,19,21). The second kappa shape index (κ2) is 6.60. The summed E-state index contributed by atoms with van der Waals surface area (Å²) in [5, 5.41) is 8.03. The highest BCUT2D eigenvalue weighted by Gasteiger charge is 2.12. The number of benzene rings is 1. The van der Waals surface area contributed by atoms with Gasteiger partial charge in [0.1, 0.15) is 0 Å². The molecule has 0 spiro atoms. The highest BCUT2D eigenvalue weighted by atomic mass is 16.7. The third kappa shape index (κ3) is 3.94. The maximum atomic E-state index is 12.1. The largest absolute Gasteiger partial charge is 0.363 e. The molecule has 5 heteroatoms. The van der Waals surface area contributed by atoms with Crippen LogP contribution in [0.25, 0.3) is 0 Å². The van der Waals surface area contributed by atoms with E-state index in [2.05, 4.69) is 10.5 Å². The summed E-state index contributed by atoms with van der Waals surface area (Å²) in [6.45, 7) is 9.66. The smallest absolute Gasteiger partial charge is 0.336 e. The summed E-state index contributed by atoms with van der Waals surface area (Å²) in [5.74, 6) is -0.490. The lowest BCUT2D eigenvalue weighted by Crippen LogP contribution is -2.27. The van der Waals surface area contributed by atoms with Crippen LogP contribution in [0.1, 0.15) is 44.0 Å². The summed E-state index contributed by atoms with van der Waals surface area (Å²) < 4.78 is 0. The number of rotatable bonds is 2. The van der Waals surface area contributed by atoms with Crippen LogP contribution < -0.4 is 5.48 Å². The number of carbonyl (C=O) groups is 1. The lowest BCUT2D eigenvalue weighted by molar-refractivity contribution is 0.0385. The van der Waals surface area contributed by atoms with Crippen LogP contribution >= 0.6 is 0 Å². The first-order chi connectivity index (χ1) is 10.8. The van der Waals surface area contributed by atoms with E-state index in [-0.39, 0.29) is 5.84 Å². The van der Waals surface area contributed by atoms with E-state index in [1.54, 1.807) is 12.1 Å². The molecule has 0 amide bonds. The zero-order valence-electron chi connectivity index (χ0n) is 14.1. The Balaban J connectivity index is 2.08. The van der Waals surface area contributed by atoms with Crippen molar-refractivity contribution in [3.05, 3.63) is 63.5 Å². The Morgan fingerprint density at radius 1 is 0.957 bits per heavy atom. The predicted octanol–water partition coefficient (Wildman–Crippen LogP) is 3.31. The van der Waals surface area contributed by atoms with Crippen molar-refractivity contribution < 1.29 is 9.63 Å². The molecule has 120 valence electrons. The molecule has 1 aromatic heterocycles. The molecule has 2 rings (SSSR count). The van der Waals surface area contributed by atoms with Gasteiger partial charge in [0.25, 0.3) is 0 Å². The van der Waals surface area contributed by atoms with Crippen LogP contribution in [0.5, 0.6) is 0 Å². The normalized spacial score (nSPS) is 10.3. The Hall–Kier alpha value is -2.69. The number of nitrogens with one attached hydrogen (secondary N) is 2. The molecule has 0 unspecified atom stereocenters. The van der Waals surface area contributed by atoms with Gasteiger partial charge in [-0.1, -0.05) is 0 Å². The fourth-order valence-corrected chi connectivity index (χ4v) is 2.35. The van der Waals surface area contributed by atoms with E-state index in [9.17, 15) is 4.79 Å². The molecule has 1 aromatic carbocycles. The Bertz CT molecular complexity index is 739. The number of hydroxylamine groups is 1. The summed E-state index contributed by atoms with van der Waals surface area (Å²) in [7, 11) is 0. The lowest BCUT2D eigenvalue weighted by atomic mass is 10.0. The molecule has 0 aliphatic heterocycles. The van der Waals surface area contributed by atoms with Crippen LogP contribution in [0.15, 0.2) is 24.3 Å². The number of aromatic nitrogens is 1. The number of nitrogens with zero attached hydrogens (tertiary/aromatic N) is 1. The van der Waals surface area contributed by atoms with E-state index < -0.39 is 5.97 Å². The van der Waals surface area contributed by atoms with Gasteiger partial charge in [0.15, 0.2) is 5.84 Å². The van der Waals surface area contributed by atoms with Crippen molar-refractivity contribution in [2.75, 3.05) is 0 Å². The third-order valence-electron chi connectivity index (χ3n) is 3.78. The number of pyridine rings is 1. The fourth-order valence-electron chi connectivity index (χ4n) is 2.35. The molecule has 1 heterocycles. The Kier molecular flexibility index (Phi) is 4.79. The van der Waals surface area contributed by atoms with Crippen molar-refractivity contribution in [3.63, 3.8) is 0 Å². The topological polar surface area (TPSA) is 75.1 Å². The van der Waals surface area contributed by atoms with Gasteiger partial charge in [-0.2, -0.15) is 5.48 Å². The summed E-state index contributed by atoms with van der Waals surface area (Å²) in [6, 6.07) is 7.10. The summed E-state index contributed by atoms with van der Waals surface area (Å²) in [5.41, 5.74) is 8.39. The average Bonchev–Trinajstić information content (AvgIpc) is 2.48. The minimum absolute atomic E-state index is 0.0482. The van der Waals surface area contributed by atoms with Gasteiger partial charge >= 0.3 is 5.97 Å². The summed E-state index contributed by atoms with van der Waals surface area (Å²) >= 11 is 0. The van der Waals surface area contributed by atoms with E-state index in [0.717, 1.165) is 22.5 Å². The van der Waals surface area contributed by atoms with E-state index in [1.165, 1.54) is 5.56 Å². The van der Waals surface area contributed by atoms with Gasteiger partial charge in [-0.15, -0.1) is 0 Å². The monoisotopic (exact) mass is 311 g/mol. The van der Waals surface area contributed by atoms with Gasteiger partial charge in [-0.05, 0) is 75.6 Å². The molecule has 0 bridgehead atoms. The average molecular weight is 311 g/mol. The minimum atomic E-state index is -0.538. The zero-order chi connectivity index (χ0) is 17.1. The Morgan fingerprint density at radius 2 is 1.48 bits per heavy atom. The zero-order valence-corrected chi connectivity index (χ0v) is 14.1. The van der Waals surface area contributed by atoms with Crippen LogP contribution in [-0.4, -0.2) is 16.8 Å². The first-order valence-corrected chi connectivity index (χ1v) is 7.37. The molecule has 0 saturated carbocycles. The molecular formula is C18H21N3O2. The number of aryl methyl sites for hydroxylation is 4. The van der Waals surface area contributed by atoms with Crippen molar-refractivity contribution in [2.45, 2.75) is 34.6 Å². The van der Waals surface area contributed by atoms with Crippen molar-refractivity contribution in [1.29, 1.82) is 5.41 Å². The van der Waals surface area contributed by atoms with Gasteiger partial charge in [0.05, 0.1) is 5.56 Å². The second-order valence-corrected chi connectivity index (χ2v) is 5.74. The second-order valence-electron chi connectivity index (χ2n) is 5.74. The van der Waals surface area contributed by atoms with Gasteiger partial charge in [-0.25, -0.2) is 4.79 Å². The van der Waals surface area contributed by atoms with Gasteiger partial charge in [0, 0.05) is 17.0 Å². The molecular weight excluding hydrogens is 290 g/mol. The van der Waals surface area contributed by atoms with E-state index in [1.807, 2.05) is 46.8 Å². The first-order valence-electron chi connectivity index (χ1n) is 7.37. The van der Waals surface area contributed by atoms with Gasteiger partial charge < -0.3 is 4.84 Å². The molecule has 0 radical (unpaired) electrons. The van der Waals surface area contributed by atoms with Crippen LogP contribution in [0, 0.1) is 40.0 Å². The van der Waals surface area contributed by atoms with E-state index in [4.69, 9.17) is 10.2 Å². The fraction of sp³-hybridized carbons (Fsp3) is 0.278. The van der Waals surface area contributed by atoms with E-state index >= 15 is 0 Å².